The van der Waals surface area contributed by atoms with Gasteiger partial charge < -0.3 is 5.32 Å². The highest BCUT2D eigenvalue weighted by atomic mass is 32.2. The molecule has 2 aromatic rings. The Balaban J connectivity index is 1.72. The van der Waals surface area contributed by atoms with E-state index in [9.17, 15) is 18.0 Å². The fourth-order valence-corrected chi connectivity index (χ4v) is 3.11. The molecule has 1 N–H and O–H groups in total. The highest BCUT2D eigenvalue weighted by molar-refractivity contribution is 7.99. The number of nitrogens with zero attached hydrogens (tertiary/aromatic N) is 4. The van der Waals surface area contributed by atoms with E-state index in [4.69, 9.17) is 0 Å². The molecule has 0 radical (unpaired) electrons. The van der Waals surface area contributed by atoms with Crippen molar-refractivity contribution < 1.29 is 18.0 Å². The van der Waals surface area contributed by atoms with Gasteiger partial charge in [-0.05, 0) is 39.1 Å². The minimum absolute atomic E-state index is 0.156. The average molecular weight is 401 g/mol. The Labute approximate surface area is 160 Å². The van der Waals surface area contributed by atoms with Crippen molar-refractivity contribution in [3.05, 3.63) is 36.2 Å². The molecule has 0 saturated carbocycles. The van der Waals surface area contributed by atoms with Crippen LogP contribution in [-0.2, 0) is 4.79 Å². The number of halogens is 3. The van der Waals surface area contributed by atoms with Crippen molar-refractivity contribution in [3.8, 4) is 5.69 Å². The second-order valence-corrected chi connectivity index (χ2v) is 7.11. The number of alkyl halides is 3. The van der Waals surface area contributed by atoms with Crippen LogP contribution >= 0.6 is 11.8 Å². The van der Waals surface area contributed by atoms with Crippen LogP contribution in [0.15, 0.2) is 35.7 Å². The third-order valence-corrected chi connectivity index (χ3v) is 4.59. The molecular formula is C17H22F3N5OS. The molecule has 27 heavy (non-hydrogen) atoms. The van der Waals surface area contributed by atoms with Gasteiger partial charge in [-0.15, -0.1) is 10.2 Å². The van der Waals surface area contributed by atoms with Crippen molar-refractivity contribution in [2.75, 3.05) is 32.4 Å². The highest BCUT2D eigenvalue weighted by Crippen LogP contribution is 2.19. The minimum atomic E-state index is -4.21. The van der Waals surface area contributed by atoms with E-state index in [1.54, 1.807) is 10.9 Å². The molecule has 0 saturated heterocycles. The smallest absolute Gasteiger partial charge is 0.355 e. The van der Waals surface area contributed by atoms with Gasteiger partial charge in [0.2, 0.25) is 5.91 Å². The standard InChI is InChI=1S/C17H22F3N5OS/c1-13-4-6-14(7-5-13)25-12-22-23-16(25)27-10-15(26)21-8-3-9-24(2)11-17(18,19)20/h4-7,12H,3,8-11H2,1-2H3,(H,21,26). The van der Waals surface area contributed by atoms with E-state index in [0.29, 0.717) is 18.1 Å². The predicted octanol–water partition coefficient (Wildman–Crippen LogP) is 2.67. The molecule has 0 aliphatic carbocycles. The molecule has 10 heteroatoms. The molecule has 2 rings (SSSR count). The van der Waals surface area contributed by atoms with Gasteiger partial charge >= 0.3 is 6.18 Å². The lowest BCUT2D eigenvalue weighted by Gasteiger charge is -2.18. The topological polar surface area (TPSA) is 63.1 Å². The van der Waals surface area contributed by atoms with E-state index < -0.39 is 12.7 Å². The third-order valence-electron chi connectivity index (χ3n) is 3.65. The van der Waals surface area contributed by atoms with Gasteiger partial charge in [0, 0.05) is 12.2 Å². The molecule has 6 nitrogen and oxygen atoms in total. The number of nitrogens with one attached hydrogen (secondary N) is 1. The molecule has 1 aromatic carbocycles. The maximum absolute atomic E-state index is 12.2. The van der Waals surface area contributed by atoms with Crippen molar-refractivity contribution in [2.45, 2.75) is 24.7 Å². The second-order valence-electron chi connectivity index (χ2n) is 6.16. The van der Waals surface area contributed by atoms with Crippen LogP contribution in [-0.4, -0.2) is 64.2 Å². The summed E-state index contributed by atoms with van der Waals surface area (Å²) in [5.41, 5.74) is 2.04. The molecule has 1 aromatic heterocycles. The molecule has 0 aliphatic rings. The summed E-state index contributed by atoms with van der Waals surface area (Å²) in [5, 5.41) is 11.2. The molecule has 0 spiro atoms. The first kappa shape index (κ1) is 21.2. The molecule has 0 unspecified atom stereocenters. The van der Waals surface area contributed by atoms with Crippen molar-refractivity contribution in [1.29, 1.82) is 0 Å². The first-order valence-corrected chi connectivity index (χ1v) is 9.35. The summed E-state index contributed by atoms with van der Waals surface area (Å²) in [6.45, 7) is 1.63. The number of amides is 1. The fraction of sp³-hybridized carbons (Fsp3) is 0.471. The normalized spacial score (nSPS) is 11.8. The number of thioether (sulfide) groups is 1. The van der Waals surface area contributed by atoms with Gasteiger partial charge in [0.05, 0.1) is 12.3 Å². The summed E-state index contributed by atoms with van der Waals surface area (Å²) in [6.07, 6.45) is -2.17. The van der Waals surface area contributed by atoms with Crippen LogP contribution in [0, 0.1) is 6.92 Å². The lowest BCUT2D eigenvalue weighted by Crippen LogP contribution is -2.34. The Bertz CT molecular complexity index is 733. The van der Waals surface area contributed by atoms with Crippen LogP contribution in [0.4, 0.5) is 13.2 Å². The van der Waals surface area contributed by atoms with Gasteiger partial charge in [0.1, 0.15) is 6.33 Å². The van der Waals surface area contributed by atoms with Crippen LogP contribution in [0.25, 0.3) is 5.69 Å². The van der Waals surface area contributed by atoms with Crippen molar-refractivity contribution in [2.24, 2.45) is 0 Å². The van der Waals surface area contributed by atoms with Crippen molar-refractivity contribution in [1.82, 2.24) is 25.0 Å². The zero-order valence-electron chi connectivity index (χ0n) is 15.2. The van der Waals surface area contributed by atoms with Gasteiger partial charge in [-0.1, -0.05) is 29.5 Å². The number of aryl methyl sites for hydroxylation is 1. The maximum atomic E-state index is 12.2. The Morgan fingerprint density at radius 3 is 2.67 bits per heavy atom. The van der Waals surface area contributed by atoms with Crippen LogP contribution in [0.1, 0.15) is 12.0 Å². The van der Waals surface area contributed by atoms with E-state index in [-0.39, 0.29) is 18.2 Å². The number of carbonyl (C=O) groups is 1. The van der Waals surface area contributed by atoms with Gasteiger partial charge in [-0.2, -0.15) is 13.2 Å². The number of hydrogen-bond acceptors (Lipinski definition) is 5. The summed E-state index contributed by atoms with van der Waals surface area (Å²) in [6, 6.07) is 7.85. The lowest BCUT2D eigenvalue weighted by atomic mass is 10.2. The molecule has 148 valence electrons. The predicted molar refractivity (Wildman–Crippen MR) is 98.0 cm³/mol. The average Bonchev–Trinajstić information content (AvgIpc) is 3.04. The van der Waals surface area contributed by atoms with E-state index in [1.165, 1.54) is 23.7 Å². The van der Waals surface area contributed by atoms with E-state index >= 15 is 0 Å². The summed E-state index contributed by atoms with van der Waals surface area (Å²) >= 11 is 1.25. The van der Waals surface area contributed by atoms with Crippen LogP contribution < -0.4 is 5.32 Å². The zero-order chi connectivity index (χ0) is 19.9. The number of hydrogen-bond donors (Lipinski definition) is 1. The molecule has 0 fully saturated rings. The summed E-state index contributed by atoms with van der Waals surface area (Å²) in [4.78, 5) is 13.1. The Hall–Kier alpha value is -2.07. The molecule has 0 atom stereocenters. The van der Waals surface area contributed by atoms with Crippen LogP contribution in [0.2, 0.25) is 0 Å². The van der Waals surface area contributed by atoms with E-state index in [0.717, 1.165) is 11.3 Å². The van der Waals surface area contributed by atoms with Crippen molar-refractivity contribution >= 4 is 17.7 Å². The monoisotopic (exact) mass is 401 g/mol. The Kier molecular flexibility index (Phi) is 7.66. The fourth-order valence-electron chi connectivity index (χ4n) is 2.35. The first-order chi connectivity index (χ1) is 12.7. The van der Waals surface area contributed by atoms with Gasteiger partial charge in [0.25, 0.3) is 0 Å². The van der Waals surface area contributed by atoms with Crippen molar-refractivity contribution in [3.63, 3.8) is 0 Å². The quantitative estimate of drug-likeness (QED) is 0.517. The maximum Gasteiger partial charge on any atom is 0.401 e. The zero-order valence-corrected chi connectivity index (χ0v) is 16.0. The van der Waals surface area contributed by atoms with Gasteiger partial charge in [-0.3, -0.25) is 14.3 Å². The first-order valence-electron chi connectivity index (χ1n) is 8.36. The number of benzene rings is 1. The van der Waals surface area contributed by atoms with Crippen LogP contribution in [0.5, 0.6) is 0 Å². The van der Waals surface area contributed by atoms with Gasteiger partial charge in [-0.25, -0.2) is 0 Å². The van der Waals surface area contributed by atoms with Crippen LogP contribution in [0.3, 0.4) is 0 Å². The number of rotatable bonds is 9. The third kappa shape index (κ3) is 7.59. The Morgan fingerprint density at radius 2 is 2.00 bits per heavy atom. The summed E-state index contributed by atoms with van der Waals surface area (Å²) < 4.78 is 38.5. The molecule has 1 heterocycles. The molecule has 1 amide bonds. The minimum Gasteiger partial charge on any atom is -0.355 e. The summed E-state index contributed by atoms with van der Waals surface area (Å²) in [5.74, 6) is -0.0416. The largest absolute Gasteiger partial charge is 0.401 e. The molecule has 0 bridgehead atoms. The highest BCUT2D eigenvalue weighted by Gasteiger charge is 2.28. The lowest BCUT2D eigenvalue weighted by molar-refractivity contribution is -0.143. The second kappa shape index (κ2) is 9.75. The molecule has 0 aliphatic heterocycles. The van der Waals surface area contributed by atoms with E-state index in [1.807, 2.05) is 31.2 Å². The SMILES string of the molecule is Cc1ccc(-n2cnnc2SCC(=O)NCCCN(C)CC(F)(F)F)cc1. The number of aromatic nitrogens is 3. The number of carbonyl (C=O) groups excluding carboxylic acids is 1. The van der Waals surface area contributed by atoms with Gasteiger partial charge in [0.15, 0.2) is 5.16 Å². The van der Waals surface area contributed by atoms with E-state index in [2.05, 4.69) is 15.5 Å². The Morgan fingerprint density at radius 1 is 1.30 bits per heavy atom. The summed E-state index contributed by atoms with van der Waals surface area (Å²) in [7, 11) is 1.41. The molecular weight excluding hydrogens is 379 g/mol.